The number of H-pyrrole nitrogens is 1. The van der Waals surface area contributed by atoms with E-state index in [-0.39, 0.29) is 11.4 Å². The highest BCUT2D eigenvalue weighted by molar-refractivity contribution is 5.98. The van der Waals surface area contributed by atoms with Gasteiger partial charge in [-0.1, -0.05) is 0 Å². The van der Waals surface area contributed by atoms with Crippen LogP contribution in [-0.2, 0) is 0 Å². The Morgan fingerprint density at radius 2 is 2.18 bits per heavy atom. The molecule has 2 rings (SSSR count). The van der Waals surface area contributed by atoms with E-state index in [1.54, 1.807) is 6.07 Å². The zero-order valence-electron chi connectivity index (χ0n) is 10.1. The van der Waals surface area contributed by atoms with Crippen molar-refractivity contribution < 1.29 is 4.79 Å². The molecule has 0 aliphatic heterocycles. The number of hydrogen-bond acceptors (Lipinski definition) is 2. The van der Waals surface area contributed by atoms with Crippen LogP contribution >= 0.6 is 0 Å². The van der Waals surface area contributed by atoms with Crippen molar-refractivity contribution in [2.75, 3.05) is 6.54 Å². The summed E-state index contributed by atoms with van der Waals surface area (Å²) in [5.74, 6) is -0.0939. The van der Waals surface area contributed by atoms with Crippen LogP contribution in [-0.4, -0.2) is 23.0 Å². The summed E-state index contributed by atoms with van der Waals surface area (Å²) in [7, 11) is 0. The highest BCUT2D eigenvalue weighted by Crippen LogP contribution is 2.14. The Balaban J connectivity index is 2.24. The number of carbonyl (C=O) groups excluding carboxylic acids is 1. The molecule has 4 N–H and O–H groups in total. The summed E-state index contributed by atoms with van der Waals surface area (Å²) in [5, 5.41) is 3.94. The quantitative estimate of drug-likeness (QED) is 0.751. The largest absolute Gasteiger partial charge is 0.361 e. The molecule has 0 spiro atoms. The van der Waals surface area contributed by atoms with Crippen LogP contribution in [0.5, 0.6) is 0 Å². The van der Waals surface area contributed by atoms with Gasteiger partial charge in [0.1, 0.15) is 0 Å². The summed E-state index contributed by atoms with van der Waals surface area (Å²) < 4.78 is 0. The van der Waals surface area contributed by atoms with Gasteiger partial charge in [0.2, 0.25) is 0 Å². The van der Waals surface area contributed by atoms with Crippen LogP contribution in [0.4, 0.5) is 0 Å². The highest BCUT2D eigenvalue weighted by Gasteiger charge is 2.19. The van der Waals surface area contributed by atoms with Crippen LogP contribution in [0.2, 0.25) is 0 Å². The van der Waals surface area contributed by atoms with Gasteiger partial charge in [0, 0.05) is 34.7 Å². The number of aromatic nitrogens is 1. The first-order chi connectivity index (χ1) is 8.02. The summed E-state index contributed by atoms with van der Waals surface area (Å²) in [6, 6.07) is 7.52. The molecule has 0 atom stereocenters. The predicted molar refractivity (Wildman–Crippen MR) is 68.9 cm³/mol. The van der Waals surface area contributed by atoms with Gasteiger partial charge >= 0.3 is 0 Å². The third kappa shape index (κ3) is 2.47. The van der Waals surface area contributed by atoms with Gasteiger partial charge in [-0.3, -0.25) is 4.79 Å². The molecule has 2 aromatic rings. The molecule has 0 bridgehead atoms. The second-order valence-corrected chi connectivity index (χ2v) is 4.82. The van der Waals surface area contributed by atoms with Gasteiger partial charge in [0.15, 0.2) is 0 Å². The lowest BCUT2D eigenvalue weighted by Gasteiger charge is -2.24. The minimum atomic E-state index is -0.385. The topological polar surface area (TPSA) is 70.9 Å². The van der Waals surface area contributed by atoms with Crippen LogP contribution in [0.15, 0.2) is 30.5 Å². The molecule has 0 saturated heterocycles. The number of fused-ring (bicyclic) bond motifs is 1. The van der Waals surface area contributed by atoms with Gasteiger partial charge < -0.3 is 16.0 Å². The van der Waals surface area contributed by atoms with Crippen molar-refractivity contribution in [1.29, 1.82) is 0 Å². The van der Waals surface area contributed by atoms with E-state index in [1.807, 2.05) is 38.2 Å². The number of amides is 1. The molecule has 0 unspecified atom stereocenters. The monoisotopic (exact) mass is 231 g/mol. The number of benzene rings is 1. The van der Waals surface area contributed by atoms with Gasteiger partial charge in [0.05, 0.1) is 0 Å². The zero-order chi connectivity index (χ0) is 12.5. The fourth-order valence-corrected chi connectivity index (χ4v) is 1.63. The van der Waals surface area contributed by atoms with Gasteiger partial charge in [-0.15, -0.1) is 0 Å². The van der Waals surface area contributed by atoms with Crippen LogP contribution in [0.25, 0.3) is 10.9 Å². The average Bonchev–Trinajstić information content (AvgIpc) is 2.75. The molecule has 0 fully saturated rings. The Hall–Kier alpha value is -1.81. The Morgan fingerprint density at radius 3 is 2.88 bits per heavy atom. The van der Waals surface area contributed by atoms with Crippen molar-refractivity contribution in [2.24, 2.45) is 5.73 Å². The third-order valence-electron chi connectivity index (χ3n) is 2.78. The van der Waals surface area contributed by atoms with Crippen molar-refractivity contribution in [3.63, 3.8) is 0 Å². The molecule has 0 radical (unpaired) electrons. The van der Waals surface area contributed by atoms with E-state index in [2.05, 4.69) is 10.3 Å². The Morgan fingerprint density at radius 1 is 1.41 bits per heavy atom. The molecular weight excluding hydrogens is 214 g/mol. The first kappa shape index (κ1) is 11.7. The van der Waals surface area contributed by atoms with Crippen LogP contribution in [0.3, 0.4) is 0 Å². The molecule has 0 aliphatic rings. The Bertz CT molecular complexity index is 542. The minimum Gasteiger partial charge on any atom is -0.361 e. The number of nitrogens with one attached hydrogen (secondary N) is 2. The Kier molecular flexibility index (Phi) is 2.90. The van der Waals surface area contributed by atoms with Crippen molar-refractivity contribution >= 4 is 16.8 Å². The van der Waals surface area contributed by atoms with E-state index in [4.69, 9.17) is 5.73 Å². The lowest BCUT2D eigenvalue weighted by molar-refractivity contribution is 0.0916. The summed E-state index contributed by atoms with van der Waals surface area (Å²) in [4.78, 5) is 15.1. The molecule has 1 heterocycles. The van der Waals surface area contributed by atoms with Gasteiger partial charge in [-0.2, -0.15) is 0 Å². The van der Waals surface area contributed by atoms with Crippen LogP contribution < -0.4 is 11.1 Å². The first-order valence-corrected chi connectivity index (χ1v) is 5.61. The average molecular weight is 231 g/mol. The van der Waals surface area contributed by atoms with Gasteiger partial charge in [-0.25, -0.2) is 0 Å². The number of aromatic amines is 1. The summed E-state index contributed by atoms with van der Waals surface area (Å²) in [6.45, 7) is 4.21. The van der Waals surface area contributed by atoms with E-state index in [9.17, 15) is 4.79 Å². The van der Waals surface area contributed by atoms with Crippen LogP contribution in [0.1, 0.15) is 24.2 Å². The maximum absolute atomic E-state index is 12.0. The summed E-state index contributed by atoms with van der Waals surface area (Å²) >= 11 is 0. The zero-order valence-corrected chi connectivity index (χ0v) is 10.1. The van der Waals surface area contributed by atoms with E-state index in [1.165, 1.54) is 0 Å². The first-order valence-electron chi connectivity index (χ1n) is 5.61. The molecule has 17 heavy (non-hydrogen) atoms. The van der Waals surface area contributed by atoms with Crippen molar-refractivity contribution in [3.05, 3.63) is 36.0 Å². The lowest BCUT2D eigenvalue weighted by Crippen LogP contribution is -2.48. The maximum atomic E-state index is 12.0. The number of hydrogen-bond donors (Lipinski definition) is 3. The van der Waals surface area contributed by atoms with E-state index >= 15 is 0 Å². The highest BCUT2D eigenvalue weighted by atomic mass is 16.1. The molecule has 90 valence electrons. The second kappa shape index (κ2) is 4.22. The number of nitrogens with two attached hydrogens (primary N) is 1. The number of rotatable bonds is 3. The van der Waals surface area contributed by atoms with E-state index in [0.29, 0.717) is 12.1 Å². The van der Waals surface area contributed by atoms with Gasteiger partial charge in [-0.05, 0) is 38.1 Å². The normalized spacial score (nSPS) is 11.7. The smallest absolute Gasteiger partial charge is 0.251 e. The second-order valence-electron chi connectivity index (χ2n) is 4.82. The predicted octanol–water partition coefficient (Wildman–Crippen LogP) is 1.63. The van der Waals surface area contributed by atoms with Crippen molar-refractivity contribution in [2.45, 2.75) is 19.4 Å². The molecule has 1 aromatic carbocycles. The van der Waals surface area contributed by atoms with Crippen LogP contribution in [0, 0.1) is 0 Å². The van der Waals surface area contributed by atoms with Crippen molar-refractivity contribution in [3.8, 4) is 0 Å². The third-order valence-corrected chi connectivity index (χ3v) is 2.78. The summed E-state index contributed by atoms with van der Waals surface area (Å²) in [6.07, 6.45) is 1.86. The maximum Gasteiger partial charge on any atom is 0.251 e. The molecule has 1 aromatic heterocycles. The minimum absolute atomic E-state index is 0.0939. The SMILES string of the molecule is CC(C)(CN)NC(=O)c1ccc2[nH]ccc2c1. The lowest BCUT2D eigenvalue weighted by atomic mass is 10.0. The summed E-state index contributed by atoms with van der Waals surface area (Å²) in [5.41, 5.74) is 6.88. The molecule has 0 aliphatic carbocycles. The van der Waals surface area contributed by atoms with E-state index < -0.39 is 0 Å². The molecule has 4 nitrogen and oxygen atoms in total. The number of carbonyl (C=O) groups is 1. The van der Waals surface area contributed by atoms with Gasteiger partial charge in [0.25, 0.3) is 5.91 Å². The standard InChI is InChI=1S/C13H17N3O/c1-13(2,8-14)16-12(17)10-3-4-11-9(7-10)5-6-15-11/h3-7,15H,8,14H2,1-2H3,(H,16,17). The van der Waals surface area contributed by atoms with Crippen molar-refractivity contribution in [1.82, 2.24) is 10.3 Å². The fourth-order valence-electron chi connectivity index (χ4n) is 1.63. The Labute approximate surface area is 100 Å². The molecule has 1 amide bonds. The molecule has 0 saturated carbocycles. The van der Waals surface area contributed by atoms with E-state index in [0.717, 1.165) is 10.9 Å². The molecule has 4 heteroatoms. The molecular formula is C13H17N3O. The fraction of sp³-hybridized carbons (Fsp3) is 0.308.